The lowest BCUT2D eigenvalue weighted by Crippen LogP contribution is -2.27. The number of halogens is 3. The van der Waals surface area contributed by atoms with E-state index < -0.39 is 11.7 Å². The molecule has 7 nitrogen and oxygen atoms in total. The molecule has 2 heterocycles. The van der Waals surface area contributed by atoms with Gasteiger partial charge in [-0.25, -0.2) is 9.67 Å². The summed E-state index contributed by atoms with van der Waals surface area (Å²) >= 11 is 0. The molecule has 1 aliphatic carbocycles. The molecule has 0 bridgehead atoms. The quantitative estimate of drug-likeness (QED) is 0.858. The minimum absolute atomic E-state index is 0.0183. The largest absolute Gasteiger partial charge is 0.421 e. The maximum absolute atomic E-state index is 13.0. The van der Waals surface area contributed by atoms with Crippen LogP contribution in [0.4, 0.5) is 30.8 Å². The van der Waals surface area contributed by atoms with Gasteiger partial charge in [0.15, 0.2) is 0 Å². The second kappa shape index (κ2) is 6.58. The molecule has 1 fully saturated rings. The number of rotatable bonds is 5. The molecule has 0 spiro atoms. The van der Waals surface area contributed by atoms with Gasteiger partial charge in [0, 0.05) is 18.8 Å². The Kier molecular flexibility index (Phi) is 4.48. The molecule has 25 heavy (non-hydrogen) atoms. The van der Waals surface area contributed by atoms with Crippen molar-refractivity contribution in [3.05, 3.63) is 24.0 Å². The molecule has 2 aromatic rings. The van der Waals surface area contributed by atoms with Crippen LogP contribution in [0.1, 0.15) is 31.4 Å². The number of hydrogen-bond acceptors (Lipinski definition) is 6. The van der Waals surface area contributed by atoms with E-state index in [1.807, 2.05) is 0 Å². The first-order valence-corrected chi connectivity index (χ1v) is 7.80. The highest BCUT2D eigenvalue weighted by molar-refractivity contribution is 5.54. The maximum atomic E-state index is 13.0. The Morgan fingerprint density at radius 1 is 1.40 bits per heavy atom. The van der Waals surface area contributed by atoms with Crippen molar-refractivity contribution in [3.63, 3.8) is 0 Å². The minimum Gasteiger partial charge on any atom is -0.370 e. The Balaban J connectivity index is 1.81. The van der Waals surface area contributed by atoms with E-state index in [1.165, 1.54) is 0 Å². The Hall–Kier alpha value is -2.83. The van der Waals surface area contributed by atoms with Crippen molar-refractivity contribution in [2.24, 2.45) is 5.92 Å². The number of nitrogens with one attached hydrogen (secondary N) is 2. The summed E-state index contributed by atoms with van der Waals surface area (Å²) in [5, 5.41) is 18.6. The van der Waals surface area contributed by atoms with Gasteiger partial charge in [-0.2, -0.15) is 28.5 Å². The van der Waals surface area contributed by atoms with Crippen molar-refractivity contribution >= 4 is 17.6 Å². The lowest BCUT2D eigenvalue weighted by Gasteiger charge is -2.31. The average Bonchev–Trinajstić information content (AvgIpc) is 2.93. The summed E-state index contributed by atoms with van der Waals surface area (Å²) in [4.78, 5) is 7.70. The van der Waals surface area contributed by atoms with Crippen molar-refractivity contribution in [1.29, 1.82) is 5.26 Å². The molecule has 0 amide bonds. The van der Waals surface area contributed by atoms with Gasteiger partial charge in [-0.3, -0.25) is 0 Å². The van der Waals surface area contributed by atoms with Crippen LogP contribution in [-0.2, 0) is 6.18 Å². The summed E-state index contributed by atoms with van der Waals surface area (Å²) < 4.78 is 40.7. The van der Waals surface area contributed by atoms with Crippen molar-refractivity contribution < 1.29 is 13.2 Å². The molecule has 0 aliphatic heterocycles. The summed E-state index contributed by atoms with van der Waals surface area (Å²) in [6, 6.07) is 3.98. The number of hydrogen-bond donors (Lipinski definition) is 2. The highest BCUT2D eigenvalue weighted by Crippen LogP contribution is 2.39. The van der Waals surface area contributed by atoms with Gasteiger partial charge in [0.1, 0.15) is 17.2 Å². The molecular formula is C15H16F3N7. The third-order valence-corrected chi connectivity index (χ3v) is 3.99. The zero-order valence-electron chi connectivity index (χ0n) is 13.4. The van der Waals surface area contributed by atoms with Gasteiger partial charge in [-0.05, 0) is 19.8 Å². The van der Waals surface area contributed by atoms with E-state index in [9.17, 15) is 13.2 Å². The second-order valence-electron chi connectivity index (χ2n) is 5.72. The molecular weight excluding hydrogens is 335 g/mol. The fourth-order valence-corrected chi connectivity index (χ4v) is 2.66. The van der Waals surface area contributed by atoms with Crippen LogP contribution in [0.2, 0.25) is 0 Å². The van der Waals surface area contributed by atoms with Gasteiger partial charge in [-0.15, -0.1) is 0 Å². The fourth-order valence-electron chi connectivity index (χ4n) is 2.66. The Morgan fingerprint density at radius 2 is 2.16 bits per heavy atom. The normalized spacial score (nSPS) is 19.8. The monoisotopic (exact) mass is 351 g/mol. The number of alkyl halides is 3. The SMILES string of the molecule is CCNc1nc(Nc2ccnn2[C@H]2C[C@H](C#N)C2)ncc1C(F)(F)F. The molecule has 132 valence electrons. The predicted molar refractivity (Wildman–Crippen MR) is 84.1 cm³/mol. The lowest BCUT2D eigenvalue weighted by atomic mass is 9.81. The van der Waals surface area contributed by atoms with E-state index in [2.05, 4.69) is 31.8 Å². The Bertz CT molecular complexity index is 787. The first-order valence-electron chi connectivity index (χ1n) is 7.80. The van der Waals surface area contributed by atoms with E-state index in [0.29, 0.717) is 25.2 Å². The maximum Gasteiger partial charge on any atom is 0.421 e. The lowest BCUT2D eigenvalue weighted by molar-refractivity contribution is -0.137. The van der Waals surface area contributed by atoms with Crippen LogP contribution in [-0.4, -0.2) is 26.3 Å². The van der Waals surface area contributed by atoms with Crippen molar-refractivity contribution in [3.8, 4) is 6.07 Å². The molecule has 1 saturated carbocycles. The van der Waals surface area contributed by atoms with Gasteiger partial charge in [-0.1, -0.05) is 0 Å². The summed E-state index contributed by atoms with van der Waals surface area (Å²) in [7, 11) is 0. The predicted octanol–water partition coefficient (Wildman–Crippen LogP) is 3.34. The molecule has 0 atom stereocenters. The third-order valence-electron chi connectivity index (χ3n) is 3.99. The minimum atomic E-state index is -4.53. The summed E-state index contributed by atoms with van der Waals surface area (Å²) in [6.07, 6.45) is -0.802. The zero-order chi connectivity index (χ0) is 18.0. The molecule has 3 rings (SSSR count). The van der Waals surface area contributed by atoms with E-state index in [0.717, 1.165) is 6.20 Å². The fraction of sp³-hybridized carbons (Fsp3) is 0.467. The van der Waals surface area contributed by atoms with Crippen LogP contribution in [0.3, 0.4) is 0 Å². The van der Waals surface area contributed by atoms with E-state index in [4.69, 9.17) is 5.26 Å². The van der Waals surface area contributed by atoms with Gasteiger partial charge in [0.05, 0.1) is 24.2 Å². The van der Waals surface area contributed by atoms with Gasteiger partial charge in [0.25, 0.3) is 0 Å². The van der Waals surface area contributed by atoms with Gasteiger partial charge in [0.2, 0.25) is 5.95 Å². The molecule has 0 radical (unpaired) electrons. The van der Waals surface area contributed by atoms with Crippen molar-refractivity contribution in [2.75, 3.05) is 17.2 Å². The second-order valence-corrected chi connectivity index (χ2v) is 5.72. The summed E-state index contributed by atoms with van der Waals surface area (Å²) in [5.74, 6) is 0.363. The van der Waals surface area contributed by atoms with E-state index in [-0.39, 0.29) is 23.7 Å². The van der Waals surface area contributed by atoms with Crippen LogP contribution in [0.15, 0.2) is 18.5 Å². The Morgan fingerprint density at radius 3 is 2.80 bits per heavy atom. The summed E-state index contributed by atoms with van der Waals surface area (Å²) in [6.45, 7) is 1.99. The first kappa shape index (κ1) is 17.0. The van der Waals surface area contributed by atoms with Crippen LogP contribution < -0.4 is 10.6 Å². The standard InChI is InChI=1S/C15H16F3N7/c1-2-20-13-11(15(16,17)18)8-21-14(24-13)23-12-3-4-22-25(12)10-5-9(6-10)7-19/h3-4,8-10H,2,5-6H2,1H3,(H2,20,21,23,24)/t9-,10-. The van der Waals surface area contributed by atoms with Crippen LogP contribution >= 0.6 is 0 Å². The molecule has 0 aromatic carbocycles. The number of aromatic nitrogens is 4. The Labute approximate surface area is 141 Å². The van der Waals surface area contributed by atoms with Crippen LogP contribution in [0.5, 0.6) is 0 Å². The number of anilines is 3. The highest BCUT2D eigenvalue weighted by Gasteiger charge is 2.35. The number of nitrogens with zero attached hydrogens (tertiary/aromatic N) is 5. The summed E-state index contributed by atoms with van der Waals surface area (Å²) in [5.41, 5.74) is -0.913. The van der Waals surface area contributed by atoms with E-state index >= 15 is 0 Å². The average molecular weight is 351 g/mol. The van der Waals surface area contributed by atoms with Gasteiger partial charge >= 0.3 is 6.18 Å². The first-order chi connectivity index (χ1) is 11.9. The van der Waals surface area contributed by atoms with Crippen LogP contribution in [0, 0.1) is 17.2 Å². The van der Waals surface area contributed by atoms with Crippen molar-refractivity contribution in [2.45, 2.75) is 32.0 Å². The number of nitriles is 1. The zero-order valence-corrected chi connectivity index (χ0v) is 13.4. The smallest absolute Gasteiger partial charge is 0.370 e. The van der Waals surface area contributed by atoms with Crippen LogP contribution in [0.25, 0.3) is 0 Å². The topological polar surface area (TPSA) is 91.5 Å². The molecule has 0 unspecified atom stereocenters. The molecule has 2 aromatic heterocycles. The third kappa shape index (κ3) is 3.50. The molecule has 10 heteroatoms. The van der Waals surface area contributed by atoms with E-state index in [1.54, 1.807) is 23.9 Å². The molecule has 2 N–H and O–H groups in total. The molecule has 0 saturated heterocycles. The van der Waals surface area contributed by atoms with Gasteiger partial charge < -0.3 is 10.6 Å². The molecule has 1 aliphatic rings. The highest BCUT2D eigenvalue weighted by atomic mass is 19.4. The van der Waals surface area contributed by atoms with Crippen molar-refractivity contribution in [1.82, 2.24) is 19.7 Å².